The summed E-state index contributed by atoms with van der Waals surface area (Å²) < 4.78 is 0. The Morgan fingerprint density at radius 3 is 2.59 bits per heavy atom. The third-order valence-electron chi connectivity index (χ3n) is 7.34. The first-order valence-electron chi connectivity index (χ1n) is 10.3. The fraction of sp³-hybridized carbons (Fsp3) is 0.667. The molecule has 6 nitrogen and oxygen atoms in total. The molecule has 1 saturated carbocycles. The summed E-state index contributed by atoms with van der Waals surface area (Å²) in [7, 11) is 0. The number of amides is 1. The highest BCUT2D eigenvalue weighted by atomic mass is 16.2. The van der Waals surface area contributed by atoms with Gasteiger partial charge in [0.15, 0.2) is 0 Å². The van der Waals surface area contributed by atoms with Crippen molar-refractivity contribution in [2.24, 2.45) is 17.6 Å². The minimum atomic E-state index is -0.452. The van der Waals surface area contributed by atoms with E-state index < -0.39 is 6.04 Å². The number of pyridine rings is 1. The van der Waals surface area contributed by atoms with Crippen LogP contribution < -0.4 is 5.73 Å². The van der Waals surface area contributed by atoms with Crippen LogP contribution in [0.2, 0.25) is 0 Å². The van der Waals surface area contributed by atoms with E-state index in [1.807, 2.05) is 17.3 Å². The van der Waals surface area contributed by atoms with Crippen LogP contribution in [-0.4, -0.2) is 50.9 Å². The Morgan fingerprint density at radius 1 is 1.22 bits per heavy atom. The molecule has 0 unspecified atom stereocenters. The summed E-state index contributed by atoms with van der Waals surface area (Å²) in [6, 6.07) is 7.09. The van der Waals surface area contributed by atoms with Crippen molar-refractivity contribution in [3.8, 4) is 6.07 Å². The number of carbonyl (C=O) groups excluding carboxylic acids is 1. The number of fused-ring (bicyclic) bond motifs is 3. The highest BCUT2D eigenvalue weighted by molar-refractivity contribution is 5.84. The van der Waals surface area contributed by atoms with E-state index in [4.69, 9.17) is 5.73 Å². The monoisotopic (exact) mass is 365 g/mol. The Labute approximate surface area is 160 Å². The fourth-order valence-electron chi connectivity index (χ4n) is 5.83. The Kier molecular flexibility index (Phi) is 4.18. The molecule has 2 N–H and O–H groups in total. The second-order valence-corrected chi connectivity index (χ2v) is 8.86. The van der Waals surface area contributed by atoms with Crippen molar-refractivity contribution in [3.05, 3.63) is 30.1 Å². The molecular formula is C21H27N5O. The highest BCUT2D eigenvalue weighted by Gasteiger charge is 2.55. The second-order valence-electron chi connectivity index (χ2n) is 8.86. The molecule has 0 radical (unpaired) electrons. The average Bonchev–Trinajstić information content (AvgIpc) is 3.31. The number of rotatable bonds is 4. The topological polar surface area (TPSA) is 86.2 Å². The van der Waals surface area contributed by atoms with E-state index in [0.717, 1.165) is 32.2 Å². The van der Waals surface area contributed by atoms with Crippen LogP contribution in [0.1, 0.15) is 44.1 Å². The number of nitrogens with two attached hydrogens (primary N) is 1. The summed E-state index contributed by atoms with van der Waals surface area (Å²) in [6.45, 7) is 0.958. The third-order valence-corrected chi connectivity index (χ3v) is 7.34. The molecular weight excluding hydrogens is 338 g/mol. The summed E-state index contributed by atoms with van der Waals surface area (Å²) in [6.07, 6.45) is 9.99. The van der Waals surface area contributed by atoms with Gasteiger partial charge < -0.3 is 10.6 Å². The van der Waals surface area contributed by atoms with Gasteiger partial charge in [-0.05, 0) is 68.1 Å². The van der Waals surface area contributed by atoms with Gasteiger partial charge in [0, 0.05) is 37.1 Å². The second kappa shape index (κ2) is 6.57. The van der Waals surface area contributed by atoms with Crippen molar-refractivity contribution < 1.29 is 4.79 Å². The van der Waals surface area contributed by atoms with Crippen LogP contribution in [0.3, 0.4) is 0 Å². The molecule has 4 fully saturated rings. The van der Waals surface area contributed by atoms with Gasteiger partial charge >= 0.3 is 0 Å². The van der Waals surface area contributed by atoms with Gasteiger partial charge in [0.05, 0.1) is 12.1 Å². The van der Waals surface area contributed by atoms with E-state index in [1.54, 1.807) is 0 Å². The number of hydrogen-bond donors (Lipinski definition) is 1. The largest absolute Gasteiger partial charge is 0.322 e. The lowest BCUT2D eigenvalue weighted by Gasteiger charge is -2.41. The fourth-order valence-corrected chi connectivity index (χ4v) is 5.83. The minimum absolute atomic E-state index is 0.0264. The molecule has 1 aromatic rings. The number of piperidine rings is 2. The van der Waals surface area contributed by atoms with Crippen LogP contribution in [0, 0.1) is 23.2 Å². The number of carbonyl (C=O) groups is 1. The van der Waals surface area contributed by atoms with Crippen LogP contribution in [0.15, 0.2) is 24.5 Å². The molecule has 3 saturated heterocycles. The zero-order chi connectivity index (χ0) is 18.5. The number of nitrogens with zero attached hydrogens (tertiary/aromatic N) is 4. The van der Waals surface area contributed by atoms with E-state index in [-0.39, 0.29) is 23.9 Å². The van der Waals surface area contributed by atoms with Crippen molar-refractivity contribution in [2.75, 3.05) is 0 Å². The molecule has 27 heavy (non-hydrogen) atoms. The molecule has 1 amide bonds. The molecule has 4 heterocycles. The van der Waals surface area contributed by atoms with E-state index in [1.165, 1.54) is 18.4 Å². The van der Waals surface area contributed by atoms with Crippen molar-refractivity contribution in [2.45, 2.75) is 75.3 Å². The van der Waals surface area contributed by atoms with Gasteiger partial charge in [-0.3, -0.25) is 14.7 Å². The summed E-state index contributed by atoms with van der Waals surface area (Å²) in [5, 5.41) is 9.39. The van der Waals surface area contributed by atoms with E-state index in [0.29, 0.717) is 18.0 Å². The van der Waals surface area contributed by atoms with Gasteiger partial charge in [0.2, 0.25) is 5.91 Å². The number of nitriles is 1. The zero-order valence-corrected chi connectivity index (χ0v) is 15.6. The number of likely N-dealkylation sites (tertiary alicyclic amines) is 1. The molecule has 5 rings (SSSR count). The highest BCUT2D eigenvalue weighted by Crippen LogP contribution is 2.48. The first-order chi connectivity index (χ1) is 13.2. The average molecular weight is 365 g/mol. The molecule has 1 aromatic heterocycles. The Hall–Kier alpha value is -1.97. The van der Waals surface area contributed by atoms with E-state index >= 15 is 0 Å². The molecule has 2 bridgehead atoms. The lowest BCUT2D eigenvalue weighted by atomic mass is 9.84. The SMILES string of the molecule is N#C[C@@H]1C[C@@H]2C[C@@H]2N1C(=O)[C@@H](N)C1C[C@@H]2CC[C@@H](C1)N2Cc1ccncc1. The Morgan fingerprint density at radius 2 is 1.93 bits per heavy atom. The van der Waals surface area contributed by atoms with Gasteiger partial charge in [-0.2, -0.15) is 5.26 Å². The minimum Gasteiger partial charge on any atom is -0.322 e. The molecule has 6 heteroatoms. The van der Waals surface area contributed by atoms with E-state index in [9.17, 15) is 10.1 Å². The van der Waals surface area contributed by atoms with Gasteiger partial charge in [0.25, 0.3) is 0 Å². The lowest BCUT2D eigenvalue weighted by Crippen LogP contribution is -2.54. The quantitative estimate of drug-likeness (QED) is 0.877. The first kappa shape index (κ1) is 17.2. The van der Waals surface area contributed by atoms with Gasteiger partial charge in [-0.1, -0.05) is 0 Å². The first-order valence-corrected chi connectivity index (χ1v) is 10.3. The maximum absolute atomic E-state index is 13.1. The lowest BCUT2D eigenvalue weighted by molar-refractivity contribution is -0.135. The molecule has 0 aromatic carbocycles. The maximum Gasteiger partial charge on any atom is 0.241 e. The normalized spacial score (nSPS) is 38.3. The van der Waals surface area contributed by atoms with Gasteiger partial charge in [-0.25, -0.2) is 0 Å². The van der Waals surface area contributed by atoms with Crippen molar-refractivity contribution >= 4 is 5.91 Å². The van der Waals surface area contributed by atoms with Crippen molar-refractivity contribution in [1.82, 2.24) is 14.8 Å². The Balaban J connectivity index is 1.25. The molecule has 4 aliphatic rings. The molecule has 6 atom stereocenters. The standard InChI is InChI=1S/C21H27N5O/c22-11-18-7-14-10-19(14)26(18)21(27)20(23)15-8-16-1-2-17(9-15)25(16)12-13-3-5-24-6-4-13/h3-6,14-20H,1-2,7-10,12,23H2/t14-,16+,17+,18+,19+,20+/m1/s1. The van der Waals surface area contributed by atoms with Crippen LogP contribution in [0.4, 0.5) is 0 Å². The van der Waals surface area contributed by atoms with Crippen LogP contribution >= 0.6 is 0 Å². The molecule has 0 spiro atoms. The molecule has 3 aliphatic heterocycles. The number of hydrogen-bond acceptors (Lipinski definition) is 5. The molecule has 1 aliphatic carbocycles. The van der Waals surface area contributed by atoms with Crippen LogP contribution in [0.25, 0.3) is 0 Å². The summed E-state index contributed by atoms with van der Waals surface area (Å²) in [5.74, 6) is 0.809. The van der Waals surface area contributed by atoms with Crippen molar-refractivity contribution in [1.29, 1.82) is 5.26 Å². The van der Waals surface area contributed by atoms with Crippen molar-refractivity contribution in [3.63, 3.8) is 0 Å². The summed E-state index contributed by atoms with van der Waals surface area (Å²) >= 11 is 0. The smallest absolute Gasteiger partial charge is 0.241 e. The van der Waals surface area contributed by atoms with Gasteiger partial charge in [-0.15, -0.1) is 0 Å². The Bertz CT molecular complexity index is 748. The number of aromatic nitrogens is 1. The van der Waals surface area contributed by atoms with E-state index in [2.05, 4.69) is 28.1 Å². The predicted molar refractivity (Wildman–Crippen MR) is 100 cm³/mol. The molecule has 142 valence electrons. The maximum atomic E-state index is 13.1. The summed E-state index contributed by atoms with van der Waals surface area (Å²) in [4.78, 5) is 21.6. The van der Waals surface area contributed by atoms with Crippen LogP contribution in [-0.2, 0) is 11.3 Å². The zero-order valence-electron chi connectivity index (χ0n) is 15.6. The van der Waals surface area contributed by atoms with Crippen LogP contribution in [0.5, 0.6) is 0 Å². The predicted octanol–water partition coefficient (Wildman–Crippen LogP) is 1.66. The van der Waals surface area contributed by atoms with Gasteiger partial charge in [0.1, 0.15) is 6.04 Å². The third kappa shape index (κ3) is 2.94. The summed E-state index contributed by atoms with van der Waals surface area (Å²) in [5.41, 5.74) is 7.79.